The van der Waals surface area contributed by atoms with Gasteiger partial charge in [-0.05, 0) is 37.1 Å². The minimum atomic E-state index is -0.384. The van der Waals surface area contributed by atoms with Gasteiger partial charge < -0.3 is 9.80 Å². The molecule has 0 radical (unpaired) electrons. The molecule has 9 heteroatoms. The van der Waals surface area contributed by atoms with Gasteiger partial charge in [0.05, 0.1) is 21.6 Å². The van der Waals surface area contributed by atoms with Gasteiger partial charge >= 0.3 is 0 Å². The highest BCUT2D eigenvalue weighted by atomic mass is 79.9. The number of carbonyl (C=O) groups excluding carboxylic acids is 1. The molecule has 0 aromatic heterocycles. The van der Waals surface area contributed by atoms with E-state index in [9.17, 15) is 14.9 Å². The molecule has 2 aromatic carbocycles. The van der Waals surface area contributed by atoms with Crippen molar-refractivity contribution in [1.82, 2.24) is 9.80 Å². The topological polar surface area (TPSA) is 69.9 Å². The molecule has 2 fully saturated rings. The lowest BCUT2D eigenvalue weighted by Crippen LogP contribution is -2.52. The minimum Gasteiger partial charge on any atom is -0.367 e. The summed E-state index contributed by atoms with van der Waals surface area (Å²) in [4.78, 5) is 30.1. The molecule has 2 saturated heterocycles. The lowest BCUT2D eigenvalue weighted by atomic mass is 9.95. The van der Waals surface area contributed by atoms with E-state index in [1.165, 1.54) is 0 Å². The van der Waals surface area contributed by atoms with Crippen LogP contribution in [-0.2, 0) is 11.3 Å². The molecule has 2 aliphatic rings. The average molecular weight is 524 g/mol. The van der Waals surface area contributed by atoms with Crippen molar-refractivity contribution in [1.29, 1.82) is 0 Å². The van der Waals surface area contributed by atoms with Crippen molar-refractivity contribution >= 4 is 45.9 Å². The third-order valence-corrected chi connectivity index (χ3v) is 6.51. The zero-order valence-corrected chi connectivity index (χ0v) is 20.3. The molecule has 1 unspecified atom stereocenters. The largest absolute Gasteiger partial charge is 0.367 e. The summed E-state index contributed by atoms with van der Waals surface area (Å²) in [7, 11) is 0. The molecule has 0 aliphatic carbocycles. The zero-order chi connectivity index (χ0) is 21.8. The summed E-state index contributed by atoms with van der Waals surface area (Å²) < 4.78 is 0. The van der Waals surface area contributed by atoms with Gasteiger partial charge in [-0.2, -0.15) is 0 Å². The van der Waals surface area contributed by atoms with E-state index in [2.05, 4.69) is 9.80 Å². The Morgan fingerprint density at radius 3 is 2.38 bits per heavy atom. The first kappa shape index (κ1) is 24.5. The molecule has 172 valence electrons. The number of nitrogens with zero attached hydrogens (tertiary/aromatic N) is 4. The molecule has 2 heterocycles. The first-order valence-corrected chi connectivity index (χ1v) is 11.1. The van der Waals surface area contributed by atoms with E-state index in [0.29, 0.717) is 19.6 Å². The smallest absolute Gasteiger partial charge is 0.269 e. The number of rotatable bonds is 5. The number of amides is 1. The molecule has 2 aliphatic heterocycles. The molecule has 32 heavy (non-hydrogen) atoms. The Morgan fingerprint density at radius 1 is 1.03 bits per heavy atom. The van der Waals surface area contributed by atoms with Crippen LogP contribution in [0, 0.1) is 16.0 Å². The van der Waals surface area contributed by atoms with Crippen LogP contribution in [0.3, 0.4) is 0 Å². The highest BCUT2D eigenvalue weighted by molar-refractivity contribution is 8.93. The summed E-state index contributed by atoms with van der Waals surface area (Å²) in [5.74, 6) is 0.255. The molecule has 4 rings (SSSR count). The fourth-order valence-electron chi connectivity index (χ4n) is 4.52. The van der Waals surface area contributed by atoms with E-state index in [1.807, 2.05) is 29.2 Å². The van der Waals surface area contributed by atoms with Crippen molar-refractivity contribution in [3.63, 3.8) is 0 Å². The number of non-ortho nitro benzene ring substituents is 1. The van der Waals surface area contributed by atoms with Crippen molar-refractivity contribution in [2.24, 2.45) is 5.92 Å². The SMILES string of the molecule is Br.O=C(C1CCCN(Cc2ccc([N+](=O)[O-])cc2)C1)N1CCN(c2ccccc2Cl)CC1. The van der Waals surface area contributed by atoms with Crippen molar-refractivity contribution < 1.29 is 9.72 Å². The van der Waals surface area contributed by atoms with Crippen LogP contribution in [0.5, 0.6) is 0 Å². The van der Waals surface area contributed by atoms with Crippen LogP contribution >= 0.6 is 28.6 Å². The third-order valence-electron chi connectivity index (χ3n) is 6.19. The normalized spacial score (nSPS) is 19.3. The lowest BCUT2D eigenvalue weighted by Gasteiger charge is -2.40. The molecule has 7 nitrogen and oxygen atoms in total. The van der Waals surface area contributed by atoms with Gasteiger partial charge in [-0.1, -0.05) is 35.9 Å². The van der Waals surface area contributed by atoms with Crippen LogP contribution in [0.1, 0.15) is 18.4 Å². The molecular weight excluding hydrogens is 496 g/mol. The standard InChI is InChI=1S/C23H27ClN4O3.BrH/c24-21-5-1-2-6-22(21)26-12-14-27(15-13-26)23(29)19-4-3-11-25(17-19)16-18-7-9-20(10-8-18)28(30)31;/h1-2,5-10,19H,3-4,11-17H2;1H. The fraction of sp³-hybridized carbons (Fsp3) is 0.435. The average Bonchev–Trinajstić information content (AvgIpc) is 2.80. The predicted octanol–water partition coefficient (Wildman–Crippen LogP) is 4.39. The van der Waals surface area contributed by atoms with E-state index in [1.54, 1.807) is 24.3 Å². The van der Waals surface area contributed by atoms with Crippen LogP contribution in [-0.4, -0.2) is 59.9 Å². The number of carbonyl (C=O) groups is 1. The predicted molar refractivity (Wildman–Crippen MR) is 132 cm³/mol. The van der Waals surface area contributed by atoms with E-state index < -0.39 is 0 Å². The number of benzene rings is 2. The minimum absolute atomic E-state index is 0. The molecule has 0 spiro atoms. The van der Waals surface area contributed by atoms with E-state index >= 15 is 0 Å². The highest BCUT2D eigenvalue weighted by Crippen LogP contribution is 2.27. The van der Waals surface area contributed by atoms with Gasteiger partial charge in [0.15, 0.2) is 0 Å². The van der Waals surface area contributed by atoms with Crippen molar-refractivity contribution in [3.05, 3.63) is 69.2 Å². The van der Waals surface area contributed by atoms with Crippen molar-refractivity contribution in [2.45, 2.75) is 19.4 Å². The number of likely N-dealkylation sites (tertiary alicyclic amines) is 1. The van der Waals surface area contributed by atoms with Gasteiger partial charge in [0.2, 0.25) is 5.91 Å². The fourth-order valence-corrected chi connectivity index (χ4v) is 4.77. The second kappa shape index (κ2) is 11.1. The third kappa shape index (κ3) is 5.79. The van der Waals surface area contributed by atoms with E-state index in [0.717, 1.165) is 55.3 Å². The summed E-state index contributed by atoms with van der Waals surface area (Å²) in [6.45, 7) is 5.39. The quantitative estimate of drug-likeness (QED) is 0.429. The Labute approximate surface area is 203 Å². The molecule has 2 aromatic rings. The second-order valence-electron chi connectivity index (χ2n) is 8.26. The van der Waals surface area contributed by atoms with Crippen molar-refractivity contribution in [2.75, 3.05) is 44.2 Å². The summed E-state index contributed by atoms with van der Waals surface area (Å²) in [6, 6.07) is 14.5. The number of para-hydroxylation sites is 1. The lowest BCUT2D eigenvalue weighted by molar-refractivity contribution is -0.384. The number of halogens is 2. The van der Waals surface area contributed by atoms with Crippen LogP contribution in [0.15, 0.2) is 48.5 Å². The van der Waals surface area contributed by atoms with Gasteiger partial charge in [0.1, 0.15) is 0 Å². The first-order chi connectivity index (χ1) is 15.0. The Hall–Kier alpha value is -2.16. The molecule has 0 N–H and O–H groups in total. The maximum atomic E-state index is 13.2. The summed E-state index contributed by atoms with van der Waals surface area (Å²) in [6.07, 6.45) is 1.91. The summed E-state index contributed by atoms with van der Waals surface area (Å²) in [5.41, 5.74) is 2.17. The van der Waals surface area contributed by atoms with Gasteiger partial charge in [-0.3, -0.25) is 19.8 Å². The van der Waals surface area contributed by atoms with Gasteiger partial charge in [-0.15, -0.1) is 17.0 Å². The second-order valence-corrected chi connectivity index (χ2v) is 8.67. The number of nitro benzene ring substituents is 1. The Bertz CT molecular complexity index is 935. The van der Waals surface area contributed by atoms with Crippen LogP contribution < -0.4 is 4.90 Å². The highest BCUT2D eigenvalue weighted by Gasteiger charge is 2.31. The van der Waals surface area contributed by atoms with Crippen molar-refractivity contribution in [3.8, 4) is 0 Å². The van der Waals surface area contributed by atoms with Gasteiger partial charge in [0, 0.05) is 51.4 Å². The molecule has 0 saturated carbocycles. The summed E-state index contributed by atoms with van der Waals surface area (Å²) in [5, 5.41) is 11.6. The van der Waals surface area contributed by atoms with E-state index in [-0.39, 0.29) is 39.4 Å². The van der Waals surface area contributed by atoms with Gasteiger partial charge in [0.25, 0.3) is 5.69 Å². The van der Waals surface area contributed by atoms with Crippen LogP contribution in [0.4, 0.5) is 11.4 Å². The molecule has 0 bridgehead atoms. The number of anilines is 1. The number of nitro groups is 1. The molecular formula is C23H28BrClN4O3. The molecule has 1 amide bonds. The zero-order valence-electron chi connectivity index (χ0n) is 17.9. The van der Waals surface area contributed by atoms with Crippen LogP contribution in [0.2, 0.25) is 5.02 Å². The Morgan fingerprint density at radius 2 is 1.72 bits per heavy atom. The number of hydrogen-bond acceptors (Lipinski definition) is 5. The summed E-state index contributed by atoms with van der Waals surface area (Å²) >= 11 is 6.32. The van der Waals surface area contributed by atoms with Gasteiger partial charge in [-0.25, -0.2) is 0 Å². The maximum absolute atomic E-state index is 13.2. The number of piperazine rings is 1. The monoisotopic (exact) mass is 522 g/mol. The van der Waals surface area contributed by atoms with E-state index in [4.69, 9.17) is 11.6 Å². The Balaban J connectivity index is 0.00000289. The number of hydrogen-bond donors (Lipinski definition) is 0. The molecule has 1 atom stereocenters. The maximum Gasteiger partial charge on any atom is 0.269 e. The van der Waals surface area contributed by atoms with Crippen LogP contribution in [0.25, 0.3) is 0 Å². The number of piperidine rings is 1. The Kier molecular flexibility index (Phi) is 8.51. The first-order valence-electron chi connectivity index (χ1n) is 10.8.